The second-order valence-corrected chi connectivity index (χ2v) is 8.14. The Morgan fingerprint density at radius 1 is 1.18 bits per heavy atom. The first-order valence-corrected chi connectivity index (χ1v) is 10.7. The molecule has 1 aromatic heterocycles. The predicted molar refractivity (Wildman–Crippen MR) is 113 cm³/mol. The van der Waals surface area contributed by atoms with Gasteiger partial charge in [0.1, 0.15) is 12.4 Å². The summed E-state index contributed by atoms with van der Waals surface area (Å²) < 4.78 is 7.41. The zero-order chi connectivity index (χ0) is 20.4. The SMILES string of the molecule is Cc1nnc(CN=C(NCCN2CCOCC2)NC(C)CCCC(C)C)n1C. The lowest BCUT2D eigenvalue weighted by Crippen LogP contribution is -2.46. The zero-order valence-corrected chi connectivity index (χ0v) is 18.4. The van der Waals surface area contributed by atoms with Crippen molar-refractivity contribution in [2.45, 2.75) is 59.5 Å². The van der Waals surface area contributed by atoms with Gasteiger partial charge in [-0.15, -0.1) is 10.2 Å². The number of morpholine rings is 1. The summed E-state index contributed by atoms with van der Waals surface area (Å²) in [6.07, 6.45) is 3.64. The Morgan fingerprint density at radius 2 is 1.93 bits per heavy atom. The molecule has 2 rings (SSSR count). The van der Waals surface area contributed by atoms with Crippen LogP contribution in [0.15, 0.2) is 4.99 Å². The summed E-state index contributed by atoms with van der Waals surface area (Å²) in [5.41, 5.74) is 0. The lowest BCUT2D eigenvalue weighted by Gasteiger charge is -2.27. The number of aromatic nitrogens is 3. The number of nitrogens with one attached hydrogen (secondary N) is 2. The molecular weight excluding hydrogens is 354 g/mol. The van der Waals surface area contributed by atoms with Crippen molar-refractivity contribution in [1.82, 2.24) is 30.3 Å². The summed E-state index contributed by atoms with van der Waals surface area (Å²) in [4.78, 5) is 7.18. The van der Waals surface area contributed by atoms with Crippen molar-refractivity contribution in [3.05, 3.63) is 11.6 Å². The highest BCUT2D eigenvalue weighted by atomic mass is 16.5. The van der Waals surface area contributed by atoms with Crippen LogP contribution in [0, 0.1) is 12.8 Å². The second kappa shape index (κ2) is 12.0. The van der Waals surface area contributed by atoms with Gasteiger partial charge in [0.25, 0.3) is 0 Å². The van der Waals surface area contributed by atoms with Gasteiger partial charge in [0.2, 0.25) is 0 Å². The molecule has 2 N–H and O–H groups in total. The van der Waals surface area contributed by atoms with E-state index >= 15 is 0 Å². The number of hydrogen-bond acceptors (Lipinski definition) is 5. The molecule has 28 heavy (non-hydrogen) atoms. The number of nitrogens with zero attached hydrogens (tertiary/aromatic N) is 5. The Labute approximate surface area is 170 Å². The standard InChI is InChI=1S/C20H39N7O/c1-16(2)7-6-8-17(3)23-20(21-9-10-27-11-13-28-14-12-27)22-15-19-25-24-18(4)26(19)5/h16-17H,6-15H2,1-5H3,(H2,21,22,23). The molecule has 0 radical (unpaired) electrons. The molecule has 8 heteroatoms. The smallest absolute Gasteiger partial charge is 0.191 e. The maximum atomic E-state index is 5.42. The second-order valence-electron chi connectivity index (χ2n) is 8.14. The van der Waals surface area contributed by atoms with Gasteiger partial charge in [-0.2, -0.15) is 0 Å². The van der Waals surface area contributed by atoms with Gasteiger partial charge >= 0.3 is 0 Å². The van der Waals surface area contributed by atoms with Gasteiger partial charge in [0, 0.05) is 39.3 Å². The Bertz CT molecular complexity index is 593. The Kier molecular flexibility index (Phi) is 9.70. The van der Waals surface area contributed by atoms with Crippen molar-refractivity contribution < 1.29 is 4.74 Å². The fourth-order valence-corrected chi connectivity index (χ4v) is 3.19. The molecular formula is C20H39N7O. The molecule has 0 bridgehead atoms. The van der Waals surface area contributed by atoms with E-state index in [2.05, 4.69) is 46.5 Å². The minimum atomic E-state index is 0.384. The van der Waals surface area contributed by atoms with Crippen LogP contribution in [-0.2, 0) is 18.3 Å². The number of aryl methyl sites for hydroxylation is 1. The molecule has 0 spiro atoms. The number of ether oxygens (including phenoxy) is 1. The van der Waals surface area contributed by atoms with Crippen molar-refractivity contribution in [3.63, 3.8) is 0 Å². The van der Waals surface area contributed by atoms with Gasteiger partial charge in [0.15, 0.2) is 11.8 Å². The highest BCUT2D eigenvalue weighted by Crippen LogP contribution is 2.08. The minimum absolute atomic E-state index is 0.384. The van der Waals surface area contributed by atoms with Crippen LogP contribution in [0.3, 0.4) is 0 Å². The summed E-state index contributed by atoms with van der Waals surface area (Å²) >= 11 is 0. The van der Waals surface area contributed by atoms with Crippen molar-refractivity contribution in [2.24, 2.45) is 18.0 Å². The van der Waals surface area contributed by atoms with Crippen molar-refractivity contribution in [2.75, 3.05) is 39.4 Å². The molecule has 1 saturated heterocycles. The fourth-order valence-electron chi connectivity index (χ4n) is 3.19. The van der Waals surface area contributed by atoms with E-state index in [1.165, 1.54) is 12.8 Å². The van der Waals surface area contributed by atoms with E-state index in [9.17, 15) is 0 Å². The molecule has 8 nitrogen and oxygen atoms in total. The third kappa shape index (κ3) is 8.14. The average Bonchev–Trinajstić information content (AvgIpc) is 2.98. The van der Waals surface area contributed by atoms with E-state index < -0.39 is 0 Å². The lowest BCUT2D eigenvalue weighted by molar-refractivity contribution is 0.0389. The Balaban J connectivity index is 1.87. The van der Waals surface area contributed by atoms with Crippen molar-refractivity contribution in [3.8, 4) is 0 Å². The molecule has 0 amide bonds. The van der Waals surface area contributed by atoms with Crippen LogP contribution in [0.25, 0.3) is 0 Å². The van der Waals surface area contributed by atoms with Gasteiger partial charge in [-0.05, 0) is 26.2 Å². The fraction of sp³-hybridized carbons (Fsp3) is 0.850. The van der Waals surface area contributed by atoms with Crippen molar-refractivity contribution >= 4 is 5.96 Å². The summed E-state index contributed by atoms with van der Waals surface area (Å²) in [6.45, 7) is 14.8. The molecule has 0 aliphatic carbocycles. The van der Waals surface area contributed by atoms with Gasteiger partial charge in [-0.25, -0.2) is 4.99 Å². The maximum absolute atomic E-state index is 5.42. The van der Waals surface area contributed by atoms with Gasteiger partial charge in [-0.3, -0.25) is 4.90 Å². The molecule has 160 valence electrons. The average molecular weight is 394 g/mol. The molecule has 0 aromatic carbocycles. The quantitative estimate of drug-likeness (QED) is 0.465. The molecule has 1 aliphatic rings. The van der Waals surface area contributed by atoms with Crippen LogP contribution in [0.2, 0.25) is 0 Å². The molecule has 1 aliphatic heterocycles. The largest absolute Gasteiger partial charge is 0.379 e. The van der Waals surface area contributed by atoms with E-state index in [4.69, 9.17) is 9.73 Å². The van der Waals surface area contributed by atoms with Gasteiger partial charge in [-0.1, -0.05) is 26.7 Å². The molecule has 0 saturated carbocycles. The normalized spacial score (nSPS) is 17.1. The molecule has 1 fully saturated rings. The Hall–Kier alpha value is -1.67. The van der Waals surface area contributed by atoms with Crippen LogP contribution in [-0.4, -0.2) is 71.1 Å². The summed E-state index contributed by atoms with van der Waals surface area (Å²) in [5, 5.41) is 15.4. The third-order valence-electron chi connectivity index (χ3n) is 5.19. The number of rotatable bonds is 10. The first kappa shape index (κ1) is 22.6. The van der Waals surface area contributed by atoms with Crippen LogP contribution in [0.4, 0.5) is 0 Å². The highest BCUT2D eigenvalue weighted by molar-refractivity contribution is 5.80. The van der Waals surface area contributed by atoms with Crippen LogP contribution in [0.1, 0.15) is 51.7 Å². The first-order chi connectivity index (χ1) is 13.5. The predicted octanol–water partition coefficient (Wildman–Crippen LogP) is 1.71. The van der Waals surface area contributed by atoms with E-state index in [1.807, 2.05) is 18.5 Å². The Morgan fingerprint density at radius 3 is 2.57 bits per heavy atom. The van der Waals surface area contributed by atoms with E-state index in [-0.39, 0.29) is 0 Å². The van der Waals surface area contributed by atoms with Crippen molar-refractivity contribution in [1.29, 1.82) is 0 Å². The van der Waals surface area contributed by atoms with Gasteiger partial charge < -0.3 is 19.9 Å². The zero-order valence-electron chi connectivity index (χ0n) is 18.4. The molecule has 1 atom stereocenters. The van der Waals surface area contributed by atoms with Crippen LogP contribution < -0.4 is 10.6 Å². The summed E-state index contributed by atoms with van der Waals surface area (Å²) in [5.74, 6) is 3.39. The van der Waals surface area contributed by atoms with Crippen LogP contribution in [0.5, 0.6) is 0 Å². The molecule has 1 unspecified atom stereocenters. The number of hydrogen-bond donors (Lipinski definition) is 2. The topological polar surface area (TPSA) is 79.6 Å². The number of guanidine groups is 1. The summed E-state index contributed by atoms with van der Waals surface area (Å²) in [6, 6.07) is 0.384. The number of aliphatic imine (C=N–C) groups is 1. The lowest BCUT2D eigenvalue weighted by atomic mass is 10.0. The van der Waals surface area contributed by atoms with E-state index in [0.29, 0.717) is 12.6 Å². The van der Waals surface area contributed by atoms with E-state index in [0.717, 1.165) is 69.3 Å². The van der Waals surface area contributed by atoms with E-state index in [1.54, 1.807) is 0 Å². The monoisotopic (exact) mass is 393 g/mol. The summed E-state index contributed by atoms with van der Waals surface area (Å²) in [7, 11) is 1.98. The maximum Gasteiger partial charge on any atom is 0.191 e. The highest BCUT2D eigenvalue weighted by Gasteiger charge is 2.11. The molecule has 1 aromatic rings. The molecule has 2 heterocycles. The van der Waals surface area contributed by atoms with Gasteiger partial charge in [0.05, 0.1) is 13.2 Å². The first-order valence-electron chi connectivity index (χ1n) is 10.7. The minimum Gasteiger partial charge on any atom is -0.379 e. The third-order valence-corrected chi connectivity index (χ3v) is 5.19. The van der Waals surface area contributed by atoms with Crippen LogP contribution >= 0.6 is 0 Å².